The Morgan fingerprint density at radius 1 is 1.25 bits per heavy atom. The number of hydrogen-bond acceptors (Lipinski definition) is 5. The molecule has 8 heteroatoms. The van der Waals surface area contributed by atoms with Crippen molar-refractivity contribution in [1.29, 1.82) is 0 Å². The number of carbonyl (C=O) groups is 1. The van der Waals surface area contributed by atoms with Gasteiger partial charge < -0.3 is 4.90 Å². The Morgan fingerprint density at radius 2 is 2.04 bits per heavy atom. The van der Waals surface area contributed by atoms with Crippen molar-refractivity contribution in [3.63, 3.8) is 0 Å². The molecule has 1 aliphatic heterocycles. The minimum Gasteiger partial charge on any atom is -0.333 e. The zero-order chi connectivity index (χ0) is 16.7. The fraction of sp³-hybridized carbons (Fsp3) is 0.375. The van der Waals surface area contributed by atoms with Crippen LogP contribution < -0.4 is 0 Å². The van der Waals surface area contributed by atoms with Crippen molar-refractivity contribution in [3.05, 3.63) is 34.6 Å². The molecule has 24 heavy (non-hydrogen) atoms. The molecule has 0 aliphatic carbocycles. The molecule has 4 rings (SSSR count). The van der Waals surface area contributed by atoms with Gasteiger partial charge in [0.1, 0.15) is 5.01 Å². The van der Waals surface area contributed by atoms with Gasteiger partial charge >= 0.3 is 0 Å². The zero-order valence-corrected chi connectivity index (χ0v) is 15.5. The number of benzene rings is 1. The van der Waals surface area contributed by atoms with Crippen molar-refractivity contribution >= 4 is 38.1 Å². The van der Waals surface area contributed by atoms with Crippen LogP contribution in [0.5, 0.6) is 0 Å². The highest BCUT2D eigenvalue weighted by Crippen LogP contribution is 2.27. The van der Waals surface area contributed by atoms with Crippen molar-refractivity contribution in [2.24, 2.45) is 0 Å². The Bertz CT molecular complexity index is 888. The third kappa shape index (κ3) is 2.73. The Balaban J connectivity index is 1.69. The number of halogens is 1. The van der Waals surface area contributed by atoms with Crippen LogP contribution in [0, 0.1) is 0 Å². The van der Waals surface area contributed by atoms with Crippen LogP contribution in [0.1, 0.15) is 36.8 Å². The zero-order valence-electron chi connectivity index (χ0n) is 13.1. The summed E-state index contributed by atoms with van der Waals surface area (Å²) in [5, 5.41) is 13.6. The van der Waals surface area contributed by atoms with Gasteiger partial charge in [-0.15, -0.1) is 10.2 Å². The summed E-state index contributed by atoms with van der Waals surface area (Å²) in [4.78, 5) is 15.4. The molecule has 0 radical (unpaired) electrons. The summed E-state index contributed by atoms with van der Waals surface area (Å²) in [6.45, 7) is 2.86. The number of rotatable bonds is 2. The maximum Gasteiger partial charge on any atom is 0.293 e. The first kappa shape index (κ1) is 15.7. The van der Waals surface area contributed by atoms with E-state index in [1.54, 1.807) is 4.52 Å². The number of aromatic nitrogens is 4. The first-order valence-corrected chi connectivity index (χ1v) is 9.53. The topological polar surface area (TPSA) is 63.4 Å². The predicted molar refractivity (Wildman–Crippen MR) is 96.1 cm³/mol. The maximum absolute atomic E-state index is 12.8. The molecule has 3 heterocycles. The summed E-state index contributed by atoms with van der Waals surface area (Å²) < 4.78 is 2.59. The number of carbonyl (C=O) groups excluding carboxylic acids is 1. The fourth-order valence-corrected chi connectivity index (χ4v) is 4.10. The van der Waals surface area contributed by atoms with Gasteiger partial charge in [0.05, 0.1) is 0 Å². The molecule has 0 unspecified atom stereocenters. The summed E-state index contributed by atoms with van der Waals surface area (Å²) in [5.74, 6) is 0.223. The molecular formula is C16H16BrN5OS. The number of fused-ring (bicyclic) bond motifs is 1. The lowest BCUT2D eigenvalue weighted by molar-refractivity contribution is 0.0620. The van der Waals surface area contributed by atoms with Gasteiger partial charge in [-0.1, -0.05) is 39.4 Å². The first-order valence-electron chi connectivity index (χ1n) is 7.92. The van der Waals surface area contributed by atoms with Crippen LogP contribution in [0.15, 0.2) is 28.7 Å². The Morgan fingerprint density at radius 3 is 2.79 bits per heavy atom. The third-order valence-corrected chi connectivity index (χ3v) is 5.81. The van der Waals surface area contributed by atoms with Crippen molar-refractivity contribution in [2.75, 3.05) is 6.54 Å². The lowest BCUT2D eigenvalue weighted by atomic mass is 10.0. The minimum atomic E-state index is -0.0812. The van der Waals surface area contributed by atoms with Gasteiger partial charge in [-0.3, -0.25) is 4.79 Å². The Labute approximate surface area is 151 Å². The molecule has 1 saturated heterocycles. The van der Waals surface area contributed by atoms with Gasteiger partial charge in [-0.25, -0.2) is 0 Å². The number of likely N-dealkylation sites (tertiary alicyclic amines) is 1. The number of amides is 1. The minimum absolute atomic E-state index is 0.0812. The van der Waals surface area contributed by atoms with Crippen LogP contribution in [-0.2, 0) is 0 Å². The van der Waals surface area contributed by atoms with Crippen molar-refractivity contribution in [1.82, 2.24) is 24.7 Å². The highest BCUT2D eigenvalue weighted by atomic mass is 79.9. The monoisotopic (exact) mass is 405 g/mol. The van der Waals surface area contributed by atoms with Gasteiger partial charge in [-0.2, -0.15) is 9.61 Å². The van der Waals surface area contributed by atoms with E-state index in [0.29, 0.717) is 10.8 Å². The van der Waals surface area contributed by atoms with E-state index in [2.05, 4.69) is 38.1 Å². The molecule has 1 amide bonds. The van der Waals surface area contributed by atoms with E-state index in [9.17, 15) is 4.79 Å². The molecule has 1 atom stereocenters. The molecule has 6 nitrogen and oxygen atoms in total. The summed E-state index contributed by atoms with van der Waals surface area (Å²) >= 11 is 4.86. The SMILES string of the molecule is C[C@H]1CCCCN1C(=O)c1nnc2sc(-c3ccc(Br)cc3)nn12. The van der Waals surface area contributed by atoms with Crippen LogP contribution in [0.25, 0.3) is 15.5 Å². The van der Waals surface area contributed by atoms with E-state index < -0.39 is 0 Å². The summed E-state index contributed by atoms with van der Waals surface area (Å²) in [7, 11) is 0. The van der Waals surface area contributed by atoms with Crippen molar-refractivity contribution in [3.8, 4) is 10.6 Å². The average Bonchev–Trinajstić information content (AvgIpc) is 3.16. The summed E-state index contributed by atoms with van der Waals surface area (Å²) in [5.41, 5.74) is 0.999. The standard InChI is InChI=1S/C16H16BrN5OS/c1-10-4-2-3-9-21(10)15(23)13-18-19-16-22(13)20-14(24-16)11-5-7-12(17)8-6-11/h5-8,10H,2-4,9H2,1H3/t10-/m0/s1. The van der Waals surface area contributed by atoms with Gasteiger partial charge in [0, 0.05) is 22.6 Å². The van der Waals surface area contributed by atoms with E-state index in [4.69, 9.17) is 0 Å². The number of hydrogen-bond donors (Lipinski definition) is 0. The first-order chi connectivity index (χ1) is 11.6. The smallest absolute Gasteiger partial charge is 0.293 e. The lowest BCUT2D eigenvalue weighted by Crippen LogP contribution is -2.42. The molecule has 124 valence electrons. The fourth-order valence-electron chi connectivity index (χ4n) is 2.99. The van der Waals surface area contributed by atoms with Gasteiger partial charge in [0.15, 0.2) is 0 Å². The van der Waals surface area contributed by atoms with Gasteiger partial charge in [-0.05, 0) is 38.3 Å². The average molecular weight is 406 g/mol. The summed E-state index contributed by atoms with van der Waals surface area (Å²) in [6, 6.07) is 8.16. The van der Waals surface area contributed by atoms with Crippen LogP contribution in [-0.4, -0.2) is 43.2 Å². The number of piperidine rings is 1. The molecule has 1 fully saturated rings. The molecular weight excluding hydrogens is 390 g/mol. The van der Waals surface area contributed by atoms with Crippen LogP contribution >= 0.6 is 27.3 Å². The highest BCUT2D eigenvalue weighted by molar-refractivity contribution is 9.10. The molecule has 3 aromatic rings. The Kier molecular flexibility index (Phi) is 4.09. The molecule has 0 bridgehead atoms. The lowest BCUT2D eigenvalue weighted by Gasteiger charge is -2.32. The van der Waals surface area contributed by atoms with E-state index in [1.807, 2.05) is 29.2 Å². The predicted octanol–water partition coefficient (Wildman–Crippen LogP) is 3.63. The summed E-state index contributed by atoms with van der Waals surface area (Å²) in [6.07, 6.45) is 3.25. The molecule has 2 aromatic heterocycles. The second-order valence-corrected chi connectivity index (χ2v) is 7.85. The van der Waals surface area contributed by atoms with Gasteiger partial charge in [0.25, 0.3) is 5.91 Å². The van der Waals surface area contributed by atoms with Crippen molar-refractivity contribution in [2.45, 2.75) is 32.2 Å². The van der Waals surface area contributed by atoms with Crippen molar-refractivity contribution < 1.29 is 4.79 Å². The quantitative estimate of drug-likeness (QED) is 0.652. The molecule has 0 N–H and O–H groups in total. The van der Waals surface area contributed by atoms with Crippen LogP contribution in [0.4, 0.5) is 0 Å². The van der Waals surface area contributed by atoms with E-state index in [1.165, 1.54) is 17.8 Å². The molecule has 0 spiro atoms. The molecule has 0 saturated carbocycles. The van der Waals surface area contributed by atoms with E-state index in [0.717, 1.165) is 34.4 Å². The van der Waals surface area contributed by atoms with Gasteiger partial charge in [0.2, 0.25) is 10.8 Å². The number of nitrogens with zero attached hydrogens (tertiary/aromatic N) is 5. The molecule has 1 aliphatic rings. The second kappa shape index (κ2) is 6.25. The molecule has 1 aromatic carbocycles. The van der Waals surface area contributed by atoms with E-state index >= 15 is 0 Å². The Hall–Kier alpha value is -1.80. The normalized spacial score (nSPS) is 18.2. The third-order valence-electron chi connectivity index (χ3n) is 4.34. The van der Waals surface area contributed by atoms with E-state index in [-0.39, 0.29) is 11.9 Å². The largest absolute Gasteiger partial charge is 0.333 e. The van der Waals surface area contributed by atoms with Crippen LogP contribution in [0.3, 0.4) is 0 Å². The second-order valence-electron chi connectivity index (χ2n) is 5.98. The van der Waals surface area contributed by atoms with Crippen LogP contribution in [0.2, 0.25) is 0 Å². The maximum atomic E-state index is 12.8. The highest BCUT2D eigenvalue weighted by Gasteiger charge is 2.28.